The molecule has 3 rings (SSSR count). The molecule has 0 saturated carbocycles. The van der Waals surface area contributed by atoms with Gasteiger partial charge >= 0.3 is 0 Å². The second-order valence-corrected chi connectivity index (χ2v) is 4.56. The Labute approximate surface area is 112 Å². The lowest BCUT2D eigenvalue weighted by Crippen LogP contribution is -2.01. The minimum atomic E-state index is 0.664. The summed E-state index contributed by atoms with van der Waals surface area (Å²) < 4.78 is 1.76. The second kappa shape index (κ2) is 4.61. The molecule has 2 N–H and O–H groups in total. The third-order valence-corrected chi connectivity index (χ3v) is 3.14. The van der Waals surface area contributed by atoms with E-state index in [1.54, 1.807) is 4.68 Å². The van der Waals surface area contributed by atoms with Crippen molar-refractivity contribution in [2.75, 3.05) is 5.73 Å². The standard InChI is InChI=1S/C16H15N3/c1-12-6-5-7-13(10-12)15-11-18-19(16(15)17)14-8-3-2-4-9-14/h2-11H,17H2,1H3. The Morgan fingerprint density at radius 1 is 1.00 bits per heavy atom. The van der Waals surface area contributed by atoms with Crippen LogP contribution in [-0.4, -0.2) is 9.78 Å². The Kier molecular flexibility index (Phi) is 2.80. The van der Waals surface area contributed by atoms with Crippen molar-refractivity contribution in [2.45, 2.75) is 6.92 Å². The number of anilines is 1. The highest BCUT2D eigenvalue weighted by Gasteiger charge is 2.10. The van der Waals surface area contributed by atoms with Gasteiger partial charge in [0.25, 0.3) is 0 Å². The van der Waals surface area contributed by atoms with Crippen LogP contribution < -0.4 is 5.73 Å². The summed E-state index contributed by atoms with van der Waals surface area (Å²) in [5, 5.41) is 4.38. The molecule has 0 bridgehead atoms. The molecule has 0 radical (unpaired) electrons. The molecule has 0 spiro atoms. The zero-order chi connectivity index (χ0) is 13.2. The number of rotatable bonds is 2. The number of nitrogen functional groups attached to an aromatic ring is 1. The first kappa shape index (κ1) is 11.5. The molecule has 3 heteroatoms. The van der Waals surface area contributed by atoms with Crippen LogP contribution in [0, 0.1) is 6.92 Å². The first-order valence-electron chi connectivity index (χ1n) is 6.21. The van der Waals surface area contributed by atoms with Gasteiger partial charge in [0.2, 0.25) is 0 Å². The van der Waals surface area contributed by atoms with E-state index in [2.05, 4.69) is 30.2 Å². The summed E-state index contributed by atoms with van der Waals surface area (Å²) >= 11 is 0. The van der Waals surface area contributed by atoms with Crippen LogP contribution in [-0.2, 0) is 0 Å². The van der Waals surface area contributed by atoms with E-state index >= 15 is 0 Å². The lowest BCUT2D eigenvalue weighted by molar-refractivity contribution is 0.891. The molecule has 1 heterocycles. The number of para-hydroxylation sites is 1. The molecule has 0 fully saturated rings. The van der Waals surface area contributed by atoms with Crippen molar-refractivity contribution >= 4 is 5.82 Å². The van der Waals surface area contributed by atoms with Crippen LogP contribution in [0.3, 0.4) is 0 Å². The fourth-order valence-electron chi connectivity index (χ4n) is 2.17. The maximum atomic E-state index is 6.22. The zero-order valence-electron chi connectivity index (χ0n) is 10.7. The Hall–Kier alpha value is -2.55. The highest BCUT2D eigenvalue weighted by atomic mass is 15.3. The van der Waals surface area contributed by atoms with Crippen LogP contribution in [0.5, 0.6) is 0 Å². The van der Waals surface area contributed by atoms with E-state index in [1.165, 1.54) is 5.56 Å². The van der Waals surface area contributed by atoms with E-state index in [4.69, 9.17) is 5.73 Å². The highest BCUT2D eigenvalue weighted by molar-refractivity contribution is 5.75. The maximum Gasteiger partial charge on any atom is 0.135 e. The van der Waals surface area contributed by atoms with Crippen LogP contribution in [0.1, 0.15) is 5.56 Å². The minimum Gasteiger partial charge on any atom is -0.383 e. The molecule has 2 aromatic carbocycles. The predicted molar refractivity (Wildman–Crippen MR) is 78.1 cm³/mol. The van der Waals surface area contributed by atoms with Gasteiger partial charge in [-0.1, -0.05) is 48.0 Å². The third-order valence-electron chi connectivity index (χ3n) is 3.14. The average Bonchev–Trinajstić information content (AvgIpc) is 2.81. The molecule has 0 amide bonds. The third kappa shape index (κ3) is 2.10. The van der Waals surface area contributed by atoms with Crippen LogP contribution in [0.4, 0.5) is 5.82 Å². The van der Waals surface area contributed by atoms with Crippen molar-refractivity contribution in [3.8, 4) is 16.8 Å². The first-order valence-corrected chi connectivity index (χ1v) is 6.21. The monoisotopic (exact) mass is 249 g/mol. The van der Waals surface area contributed by atoms with Crippen molar-refractivity contribution in [1.82, 2.24) is 9.78 Å². The van der Waals surface area contributed by atoms with Crippen LogP contribution >= 0.6 is 0 Å². The van der Waals surface area contributed by atoms with Crippen LogP contribution in [0.2, 0.25) is 0 Å². The summed E-state index contributed by atoms with van der Waals surface area (Å²) in [5.74, 6) is 0.664. The number of hydrogen-bond donors (Lipinski definition) is 1. The fourth-order valence-corrected chi connectivity index (χ4v) is 2.17. The molecule has 0 unspecified atom stereocenters. The number of hydrogen-bond acceptors (Lipinski definition) is 2. The molecule has 19 heavy (non-hydrogen) atoms. The number of benzene rings is 2. The Balaban J connectivity index is 2.09. The van der Waals surface area contributed by atoms with Gasteiger partial charge in [-0.15, -0.1) is 0 Å². The molecule has 94 valence electrons. The van der Waals surface area contributed by atoms with Gasteiger partial charge in [-0.25, -0.2) is 4.68 Å². The molecule has 0 aliphatic heterocycles. The molecular weight excluding hydrogens is 234 g/mol. The number of nitrogens with zero attached hydrogens (tertiary/aromatic N) is 2. The predicted octanol–water partition coefficient (Wildman–Crippen LogP) is 3.43. The number of aromatic nitrogens is 2. The van der Waals surface area contributed by atoms with E-state index in [9.17, 15) is 0 Å². The summed E-state index contributed by atoms with van der Waals surface area (Å²) in [6, 6.07) is 18.2. The zero-order valence-corrected chi connectivity index (χ0v) is 10.7. The van der Waals surface area contributed by atoms with E-state index in [1.807, 2.05) is 42.6 Å². The lowest BCUT2D eigenvalue weighted by Gasteiger charge is -2.05. The van der Waals surface area contributed by atoms with Crippen LogP contribution in [0.25, 0.3) is 16.8 Å². The van der Waals surface area contributed by atoms with E-state index in [0.29, 0.717) is 5.82 Å². The summed E-state index contributed by atoms with van der Waals surface area (Å²) in [4.78, 5) is 0. The van der Waals surface area contributed by atoms with E-state index < -0.39 is 0 Å². The Morgan fingerprint density at radius 2 is 1.79 bits per heavy atom. The largest absolute Gasteiger partial charge is 0.383 e. The fraction of sp³-hybridized carbons (Fsp3) is 0.0625. The van der Waals surface area contributed by atoms with Gasteiger partial charge in [-0.2, -0.15) is 5.10 Å². The maximum absolute atomic E-state index is 6.22. The summed E-state index contributed by atoms with van der Waals surface area (Å²) in [7, 11) is 0. The molecule has 0 aliphatic carbocycles. The van der Waals surface area contributed by atoms with Crippen molar-refractivity contribution in [2.24, 2.45) is 0 Å². The molecule has 3 nitrogen and oxygen atoms in total. The first-order chi connectivity index (χ1) is 9.25. The highest BCUT2D eigenvalue weighted by Crippen LogP contribution is 2.27. The quantitative estimate of drug-likeness (QED) is 0.756. The van der Waals surface area contributed by atoms with Gasteiger partial charge < -0.3 is 5.73 Å². The molecule has 1 aromatic heterocycles. The topological polar surface area (TPSA) is 43.8 Å². The van der Waals surface area contributed by atoms with Gasteiger partial charge in [0.15, 0.2) is 0 Å². The molecule has 0 aliphatic rings. The summed E-state index contributed by atoms with van der Waals surface area (Å²) in [6.45, 7) is 2.07. The average molecular weight is 249 g/mol. The van der Waals surface area contributed by atoms with Gasteiger partial charge in [0, 0.05) is 5.56 Å². The number of nitrogens with two attached hydrogens (primary N) is 1. The molecule has 0 atom stereocenters. The minimum absolute atomic E-state index is 0.664. The SMILES string of the molecule is Cc1cccc(-c2cnn(-c3ccccc3)c2N)c1. The molecule has 3 aromatic rings. The second-order valence-electron chi connectivity index (χ2n) is 4.56. The van der Waals surface area contributed by atoms with Crippen LogP contribution in [0.15, 0.2) is 60.8 Å². The van der Waals surface area contributed by atoms with E-state index in [0.717, 1.165) is 16.8 Å². The molecule has 0 saturated heterocycles. The van der Waals surface area contributed by atoms with Gasteiger partial charge in [-0.3, -0.25) is 0 Å². The lowest BCUT2D eigenvalue weighted by atomic mass is 10.1. The van der Waals surface area contributed by atoms with Gasteiger partial charge in [0.1, 0.15) is 5.82 Å². The van der Waals surface area contributed by atoms with Gasteiger partial charge in [-0.05, 0) is 24.6 Å². The van der Waals surface area contributed by atoms with Crippen molar-refractivity contribution in [3.05, 3.63) is 66.4 Å². The summed E-state index contributed by atoms with van der Waals surface area (Å²) in [5.41, 5.74) is 10.5. The Bertz CT molecular complexity index is 699. The van der Waals surface area contributed by atoms with E-state index in [-0.39, 0.29) is 0 Å². The van der Waals surface area contributed by atoms with Crippen molar-refractivity contribution in [3.63, 3.8) is 0 Å². The number of aryl methyl sites for hydroxylation is 1. The normalized spacial score (nSPS) is 10.6. The van der Waals surface area contributed by atoms with Crippen molar-refractivity contribution in [1.29, 1.82) is 0 Å². The molecular formula is C16H15N3. The smallest absolute Gasteiger partial charge is 0.135 e. The summed E-state index contributed by atoms with van der Waals surface area (Å²) in [6.07, 6.45) is 1.82. The van der Waals surface area contributed by atoms with Gasteiger partial charge in [0.05, 0.1) is 11.9 Å². The van der Waals surface area contributed by atoms with Crippen molar-refractivity contribution < 1.29 is 0 Å². The Morgan fingerprint density at radius 3 is 2.53 bits per heavy atom.